The second-order valence-electron chi connectivity index (χ2n) is 5.65. The Bertz CT molecular complexity index is 747. The first-order chi connectivity index (χ1) is 12.2. The lowest BCUT2D eigenvalue weighted by atomic mass is 10.2. The molecule has 8 heteroatoms. The maximum atomic E-state index is 12.3. The lowest BCUT2D eigenvalue weighted by Crippen LogP contribution is -2.26. The molecule has 3 rings (SSSR count). The third-order valence-corrected chi connectivity index (χ3v) is 3.96. The fourth-order valence-corrected chi connectivity index (χ4v) is 2.64. The number of rotatable bonds is 6. The van der Waals surface area contributed by atoms with Gasteiger partial charge in [0.25, 0.3) is 5.91 Å². The van der Waals surface area contributed by atoms with Gasteiger partial charge in [0.05, 0.1) is 20.8 Å². The van der Waals surface area contributed by atoms with E-state index in [0.29, 0.717) is 23.1 Å². The van der Waals surface area contributed by atoms with Gasteiger partial charge in [-0.05, 0) is 31.0 Å². The molecule has 2 heterocycles. The number of benzene rings is 1. The molecule has 1 aromatic heterocycles. The van der Waals surface area contributed by atoms with Crippen LogP contribution in [-0.2, 0) is 6.54 Å². The van der Waals surface area contributed by atoms with Crippen molar-refractivity contribution in [1.29, 1.82) is 0 Å². The molecule has 2 aromatic rings. The first-order valence-corrected chi connectivity index (χ1v) is 8.16. The van der Waals surface area contributed by atoms with E-state index in [1.807, 2.05) is 0 Å². The fourth-order valence-electron chi connectivity index (χ4n) is 2.64. The second-order valence-corrected chi connectivity index (χ2v) is 5.65. The van der Waals surface area contributed by atoms with Gasteiger partial charge in [0.15, 0.2) is 5.82 Å². The molecule has 0 radical (unpaired) electrons. The second kappa shape index (κ2) is 7.78. The molecule has 1 aliphatic rings. The van der Waals surface area contributed by atoms with Crippen molar-refractivity contribution in [2.24, 2.45) is 0 Å². The summed E-state index contributed by atoms with van der Waals surface area (Å²) >= 11 is 0. The molecule has 25 heavy (non-hydrogen) atoms. The molecule has 8 nitrogen and oxygen atoms in total. The minimum atomic E-state index is -0.221. The average Bonchev–Trinajstić information content (AvgIpc) is 3.20. The number of hydrogen-bond donors (Lipinski definition) is 1. The van der Waals surface area contributed by atoms with Crippen LogP contribution in [0.2, 0.25) is 0 Å². The van der Waals surface area contributed by atoms with Crippen molar-refractivity contribution in [1.82, 2.24) is 20.3 Å². The summed E-state index contributed by atoms with van der Waals surface area (Å²) in [5.41, 5.74) is 0.514. The smallest absolute Gasteiger partial charge is 0.321 e. The molecule has 0 spiro atoms. The van der Waals surface area contributed by atoms with E-state index in [9.17, 15) is 4.79 Å². The van der Waals surface area contributed by atoms with Gasteiger partial charge in [-0.25, -0.2) is 0 Å². The summed E-state index contributed by atoms with van der Waals surface area (Å²) in [5.74, 6) is 1.46. The number of aromatic nitrogens is 3. The number of nitrogens with zero attached hydrogens (tertiary/aromatic N) is 4. The molecule has 0 bridgehead atoms. The predicted molar refractivity (Wildman–Crippen MR) is 92.0 cm³/mol. The summed E-state index contributed by atoms with van der Waals surface area (Å²) in [6.45, 7) is 2.03. The fraction of sp³-hybridized carbons (Fsp3) is 0.412. The topological polar surface area (TPSA) is 89.5 Å². The van der Waals surface area contributed by atoms with Crippen molar-refractivity contribution in [3.8, 4) is 11.8 Å². The van der Waals surface area contributed by atoms with Crippen molar-refractivity contribution in [3.05, 3.63) is 35.7 Å². The van der Waals surface area contributed by atoms with Crippen LogP contribution in [0.25, 0.3) is 0 Å². The molecule has 0 saturated carbocycles. The zero-order valence-electron chi connectivity index (χ0n) is 14.4. The van der Waals surface area contributed by atoms with Crippen LogP contribution in [0.15, 0.2) is 24.3 Å². The summed E-state index contributed by atoms with van der Waals surface area (Å²) in [6.07, 6.45) is 2.24. The van der Waals surface area contributed by atoms with Gasteiger partial charge >= 0.3 is 6.01 Å². The Morgan fingerprint density at radius 3 is 2.68 bits per heavy atom. The molecule has 1 fully saturated rings. The Hall–Kier alpha value is -2.90. The Kier molecular flexibility index (Phi) is 5.27. The molecule has 0 atom stereocenters. The Morgan fingerprint density at radius 1 is 1.16 bits per heavy atom. The first kappa shape index (κ1) is 16.9. The third-order valence-electron chi connectivity index (χ3n) is 3.96. The third kappa shape index (κ3) is 4.14. The van der Waals surface area contributed by atoms with Gasteiger partial charge in [-0.15, -0.1) is 0 Å². The molecule has 1 aliphatic heterocycles. The number of ether oxygens (including phenoxy) is 2. The lowest BCUT2D eigenvalue weighted by Gasteiger charge is -2.16. The van der Waals surface area contributed by atoms with Crippen LogP contribution in [0.3, 0.4) is 0 Å². The largest absolute Gasteiger partial charge is 0.497 e. The summed E-state index contributed by atoms with van der Waals surface area (Å²) in [5, 5.41) is 2.81. The van der Waals surface area contributed by atoms with E-state index in [2.05, 4.69) is 25.2 Å². The predicted octanol–water partition coefficient (Wildman–Crippen LogP) is 1.42. The van der Waals surface area contributed by atoms with Gasteiger partial charge < -0.3 is 19.7 Å². The number of nitrogens with one attached hydrogen (secondary N) is 1. The molecular formula is C17H21N5O3. The Morgan fingerprint density at radius 2 is 1.96 bits per heavy atom. The minimum absolute atomic E-state index is 0.190. The minimum Gasteiger partial charge on any atom is -0.497 e. The van der Waals surface area contributed by atoms with Crippen molar-refractivity contribution in [3.63, 3.8) is 0 Å². The van der Waals surface area contributed by atoms with E-state index >= 15 is 0 Å². The quantitative estimate of drug-likeness (QED) is 0.848. The number of carbonyl (C=O) groups is 1. The highest BCUT2D eigenvalue weighted by Crippen LogP contribution is 2.18. The highest BCUT2D eigenvalue weighted by molar-refractivity contribution is 5.94. The standard InChI is InChI=1S/C17H21N5O3/c1-24-13-7-5-6-12(10-13)15(23)18-11-14-19-16(21-17(20-14)25-2)22-8-3-4-9-22/h5-7,10H,3-4,8-9,11H2,1-2H3,(H,18,23). The van der Waals surface area contributed by atoms with Gasteiger partial charge in [0.2, 0.25) is 5.95 Å². The summed E-state index contributed by atoms with van der Waals surface area (Å²) in [4.78, 5) is 27.4. The normalized spacial score (nSPS) is 13.6. The van der Waals surface area contributed by atoms with Gasteiger partial charge in [0, 0.05) is 18.7 Å². The summed E-state index contributed by atoms with van der Waals surface area (Å²) < 4.78 is 10.3. The average molecular weight is 343 g/mol. The maximum absolute atomic E-state index is 12.3. The van der Waals surface area contributed by atoms with Gasteiger partial charge in [0.1, 0.15) is 5.75 Å². The van der Waals surface area contributed by atoms with E-state index in [0.717, 1.165) is 25.9 Å². The molecule has 0 unspecified atom stereocenters. The van der Waals surface area contributed by atoms with Gasteiger partial charge in [-0.1, -0.05) is 6.07 Å². The molecular weight excluding hydrogens is 322 g/mol. The summed E-state index contributed by atoms with van der Waals surface area (Å²) in [7, 11) is 3.08. The van der Waals surface area contributed by atoms with E-state index in [-0.39, 0.29) is 18.5 Å². The van der Waals surface area contributed by atoms with Crippen molar-refractivity contribution >= 4 is 11.9 Å². The summed E-state index contributed by atoms with van der Waals surface area (Å²) in [6, 6.07) is 7.21. The van der Waals surface area contributed by atoms with Crippen molar-refractivity contribution in [2.75, 3.05) is 32.2 Å². The lowest BCUT2D eigenvalue weighted by molar-refractivity contribution is 0.0949. The molecule has 1 saturated heterocycles. The zero-order chi connectivity index (χ0) is 17.6. The van der Waals surface area contributed by atoms with Crippen LogP contribution in [0.5, 0.6) is 11.8 Å². The SMILES string of the molecule is COc1cccc(C(=O)NCc2nc(OC)nc(N3CCCC3)n2)c1. The maximum Gasteiger partial charge on any atom is 0.321 e. The highest BCUT2D eigenvalue weighted by atomic mass is 16.5. The number of hydrogen-bond acceptors (Lipinski definition) is 7. The Labute approximate surface area is 146 Å². The number of carbonyl (C=O) groups excluding carboxylic acids is 1. The molecule has 1 N–H and O–H groups in total. The van der Waals surface area contributed by atoms with E-state index in [1.165, 1.54) is 7.11 Å². The van der Waals surface area contributed by atoms with Crippen LogP contribution in [0.4, 0.5) is 5.95 Å². The van der Waals surface area contributed by atoms with Gasteiger partial charge in [-0.3, -0.25) is 4.79 Å². The first-order valence-electron chi connectivity index (χ1n) is 8.16. The zero-order valence-corrected chi connectivity index (χ0v) is 14.4. The molecule has 132 valence electrons. The number of anilines is 1. The van der Waals surface area contributed by atoms with Crippen LogP contribution in [0, 0.1) is 0 Å². The van der Waals surface area contributed by atoms with Crippen LogP contribution in [0.1, 0.15) is 29.0 Å². The van der Waals surface area contributed by atoms with E-state index < -0.39 is 0 Å². The number of amides is 1. The van der Waals surface area contributed by atoms with E-state index in [4.69, 9.17) is 9.47 Å². The Balaban J connectivity index is 1.71. The van der Waals surface area contributed by atoms with Crippen molar-refractivity contribution in [2.45, 2.75) is 19.4 Å². The van der Waals surface area contributed by atoms with E-state index in [1.54, 1.807) is 31.4 Å². The monoisotopic (exact) mass is 343 g/mol. The van der Waals surface area contributed by atoms with Gasteiger partial charge in [-0.2, -0.15) is 15.0 Å². The molecule has 1 aromatic carbocycles. The highest BCUT2D eigenvalue weighted by Gasteiger charge is 2.18. The number of methoxy groups -OCH3 is 2. The van der Waals surface area contributed by atoms with Crippen LogP contribution >= 0.6 is 0 Å². The molecule has 1 amide bonds. The van der Waals surface area contributed by atoms with Crippen LogP contribution in [-0.4, -0.2) is 48.2 Å². The molecule has 0 aliphatic carbocycles. The van der Waals surface area contributed by atoms with Crippen molar-refractivity contribution < 1.29 is 14.3 Å². The van der Waals surface area contributed by atoms with Crippen LogP contribution < -0.4 is 19.7 Å².